The topological polar surface area (TPSA) is 40.2 Å². The Morgan fingerprint density at radius 2 is 1.00 bits per heavy atom. The van der Waals surface area contributed by atoms with Gasteiger partial charge in [-0.3, -0.25) is 0 Å². The molecule has 136 valence electrons. The summed E-state index contributed by atoms with van der Waals surface area (Å²) in [4.78, 5) is 0. The monoisotopic (exact) mass is 371 g/mol. The van der Waals surface area contributed by atoms with Crippen LogP contribution in [0.4, 0.5) is 0 Å². The molecule has 0 amide bonds. The van der Waals surface area contributed by atoms with Gasteiger partial charge in [-0.25, -0.2) is 0 Å². The first kappa shape index (κ1) is 17.0. The van der Waals surface area contributed by atoms with Gasteiger partial charge in [0.15, 0.2) is 0 Å². The van der Waals surface area contributed by atoms with Gasteiger partial charge in [0.25, 0.3) is 0 Å². The molecule has 5 nitrogen and oxygen atoms in total. The number of benzene rings is 2. The normalized spacial score (nSPS) is 21.7. The van der Waals surface area contributed by atoms with Gasteiger partial charge in [0.1, 0.15) is 0 Å². The maximum atomic E-state index is 6.48. The molecule has 6 heteroatoms. The van der Waals surface area contributed by atoms with Gasteiger partial charge in [-0.15, -0.1) is 0 Å². The van der Waals surface area contributed by atoms with E-state index < -0.39 is 7.66 Å². The third-order valence-corrected chi connectivity index (χ3v) is 7.93. The second kappa shape index (κ2) is 5.76. The van der Waals surface area contributed by atoms with Gasteiger partial charge in [0, 0.05) is 0 Å². The van der Waals surface area contributed by atoms with Crippen molar-refractivity contribution >= 4 is 19.2 Å². The van der Waals surface area contributed by atoms with Crippen LogP contribution in [0.25, 0.3) is 11.5 Å². The molecule has 0 aromatic heterocycles. The van der Waals surface area contributed by atoms with Gasteiger partial charge in [-0.2, -0.15) is 0 Å². The van der Waals surface area contributed by atoms with Crippen molar-refractivity contribution in [3.05, 3.63) is 83.3 Å². The summed E-state index contributed by atoms with van der Waals surface area (Å²) in [5.41, 5.74) is 1.81. The standard InChI is InChI=1S/C20H22NO4P/c1-15-16(2)23-26(22-15,21(3)4)24-19(17-11-7-5-8-12-17)20(25-26)18-13-9-6-10-14-18/h5-14H,1-4H3. The van der Waals surface area contributed by atoms with Gasteiger partial charge >= 0.3 is 153 Å². The van der Waals surface area contributed by atoms with E-state index in [0.717, 1.165) is 11.1 Å². The number of hydrogen-bond acceptors (Lipinski definition) is 5. The van der Waals surface area contributed by atoms with Crippen molar-refractivity contribution in [2.75, 3.05) is 14.1 Å². The third-order valence-electron chi connectivity index (χ3n) is 4.49. The van der Waals surface area contributed by atoms with Crippen molar-refractivity contribution < 1.29 is 18.1 Å². The fourth-order valence-electron chi connectivity index (χ4n) is 2.96. The molecule has 0 saturated heterocycles. The Labute approximate surface area is 153 Å². The van der Waals surface area contributed by atoms with Gasteiger partial charge in [0.2, 0.25) is 0 Å². The van der Waals surface area contributed by atoms with Crippen molar-refractivity contribution in [3.63, 3.8) is 0 Å². The summed E-state index contributed by atoms with van der Waals surface area (Å²) in [6.45, 7) is 3.71. The number of allylic oxidation sites excluding steroid dienone is 2. The first-order chi connectivity index (χ1) is 12.4. The molecule has 1 spiro atoms. The average Bonchev–Trinajstić information content (AvgIpc) is 3.13. The van der Waals surface area contributed by atoms with Crippen LogP contribution in [0.15, 0.2) is 72.2 Å². The van der Waals surface area contributed by atoms with Crippen molar-refractivity contribution in [1.29, 1.82) is 0 Å². The Hall–Kier alpha value is -2.49. The number of rotatable bonds is 3. The van der Waals surface area contributed by atoms with E-state index >= 15 is 0 Å². The average molecular weight is 371 g/mol. The van der Waals surface area contributed by atoms with E-state index in [1.807, 2.05) is 88.6 Å². The van der Waals surface area contributed by atoms with Crippen LogP contribution in [0.1, 0.15) is 25.0 Å². The maximum absolute atomic E-state index is 6.48. The molecule has 0 unspecified atom stereocenters. The minimum absolute atomic E-state index is 0.616. The summed E-state index contributed by atoms with van der Waals surface area (Å²) >= 11 is 0. The van der Waals surface area contributed by atoms with Crippen LogP contribution in [0.3, 0.4) is 0 Å². The minimum atomic E-state index is -4.03. The number of hydrogen-bond donors (Lipinski definition) is 0. The van der Waals surface area contributed by atoms with E-state index in [0.29, 0.717) is 23.0 Å². The zero-order valence-electron chi connectivity index (χ0n) is 15.3. The summed E-state index contributed by atoms with van der Waals surface area (Å²) in [7, 11) is -0.331. The Kier molecular flexibility index (Phi) is 3.76. The Morgan fingerprint density at radius 1 is 0.615 bits per heavy atom. The Balaban J connectivity index is 1.88. The van der Waals surface area contributed by atoms with E-state index in [1.165, 1.54) is 0 Å². The van der Waals surface area contributed by atoms with Crippen LogP contribution >= 0.6 is 7.66 Å². The van der Waals surface area contributed by atoms with Crippen molar-refractivity contribution in [2.45, 2.75) is 13.8 Å². The molecule has 0 saturated carbocycles. The molecule has 2 aliphatic heterocycles. The van der Waals surface area contributed by atoms with Gasteiger partial charge in [-0.05, 0) is 0 Å². The van der Waals surface area contributed by atoms with Crippen molar-refractivity contribution in [1.82, 2.24) is 4.67 Å². The molecular weight excluding hydrogens is 349 g/mol. The summed E-state index contributed by atoms with van der Waals surface area (Å²) in [6, 6.07) is 19.7. The molecule has 2 heterocycles. The van der Waals surface area contributed by atoms with Gasteiger partial charge in [-0.1, -0.05) is 0 Å². The van der Waals surface area contributed by atoms with E-state index in [4.69, 9.17) is 18.1 Å². The SMILES string of the molecule is CC1=C(C)OP2(N(C)C)(O1)OC(c1ccccc1)=C(c1ccccc1)O2. The fourth-order valence-corrected chi connectivity index (χ4v) is 6.00. The van der Waals surface area contributed by atoms with E-state index in [9.17, 15) is 0 Å². The fraction of sp³-hybridized carbons (Fsp3) is 0.200. The molecular formula is C20H22NO4P. The van der Waals surface area contributed by atoms with Crippen LogP contribution in [-0.2, 0) is 18.1 Å². The quantitative estimate of drug-likeness (QED) is 0.662. The zero-order valence-corrected chi connectivity index (χ0v) is 16.2. The molecule has 4 rings (SSSR count). The third kappa shape index (κ3) is 2.39. The van der Waals surface area contributed by atoms with Crippen LogP contribution in [0.5, 0.6) is 0 Å². The molecule has 2 aliphatic rings. The molecule has 26 heavy (non-hydrogen) atoms. The van der Waals surface area contributed by atoms with Crippen LogP contribution in [0.2, 0.25) is 0 Å². The molecule has 0 bridgehead atoms. The second-order valence-corrected chi connectivity index (χ2v) is 9.57. The summed E-state index contributed by atoms with van der Waals surface area (Å²) in [5, 5.41) is 0. The molecule has 2 aromatic rings. The Morgan fingerprint density at radius 3 is 1.35 bits per heavy atom. The molecule has 0 atom stereocenters. The Bertz CT molecular complexity index is 836. The first-order valence-electron chi connectivity index (χ1n) is 8.46. The predicted molar refractivity (Wildman–Crippen MR) is 103 cm³/mol. The van der Waals surface area contributed by atoms with E-state index in [-0.39, 0.29) is 0 Å². The summed E-state index contributed by atoms with van der Waals surface area (Å²) < 4.78 is 27.1. The molecule has 0 aliphatic carbocycles. The molecule has 0 fully saturated rings. The molecule has 0 N–H and O–H groups in total. The zero-order chi connectivity index (χ0) is 18.4. The number of nitrogens with zero attached hydrogens (tertiary/aromatic N) is 1. The van der Waals surface area contributed by atoms with Crippen molar-refractivity contribution in [3.8, 4) is 0 Å². The van der Waals surface area contributed by atoms with E-state index in [1.54, 1.807) is 4.67 Å². The summed E-state index contributed by atoms with van der Waals surface area (Å²) in [6.07, 6.45) is 0. The van der Waals surface area contributed by atoms with Crippen LogP contribution in [-0.4, -0.2) is 18.8 Å². The molecule has 2 aromatic carbocycles. The summed E-state index contributed by atoms with van der Waals surface area (Å²) in [5.74, 6) is 2.56. The molecule has 0 radical (unpaired) electrons. The van der Waals surface area contributed by atoms with Gasteiger partial charge < -0.3 is 0 Å². The first-order valence-corrected chi connectivity index (χ1v) is 10.3. The van der Waals surface area contributed by atoms with E-state index in [2.05, 4.69) is 0 Å². The van der Waals surface area contributed by atoms with Crippen molar-refractivity contribution in [2.24, 2.45) is 0 Å². The second-order valence-electron chi connectivity index (χ2n) is 6.49. The van der Waals surface area contributed by atoms with Crippen LogP contribution < -0.4 is 0 Å². The van der Waals surface area contributed by atoms with Gasteiger partial charge in [0.05, 0.1) is 0 Å². The predicted octanol–water partition coefficient (Wildman–Crippen LogP) is 5.55. The van der Waals surface area contributed by atoms with Crippen LogP contribution in [0, 0.1) is 0 Å².